The maximum atomic E-state index is 12.8. The van der Waals surface area contributed by atoms with E-state index in [0.29, 0.717) is 30.7 Å². The van der Waals surface area contributed by atoms with Gasteiger partial charge >= 0.3 is 0 Å². The molecule has 1 aromatic carbocycles. The van der Waals surface area contributed by atoms with Crippen LogP contribution in [0.3, 0.4) is 0 Å². The number of carbonyl (C=O) groups excluding carboxylic acids is 1. The van der Waals surface area contributed by atoms with Crippen LogP contribution in [0.1, 0.15) is 58.1 Å². The highest BCUT2D eigenvalue weighted by molar-refractivity contribution is 7.92. The highest BCUT2D eigenvalue weighted by Crippen LogP contribution is 2.45. The molecule has 0 saturated carbocycles. The molecule has 6 rings (SSSR count). The summed E-state index contributed by atoms with van der Waals surface area (Å²) in [6.07, 6.45) is 10.3. The molecule has 3 saturated heterocycles. The number of ether oxygens (including phenoxy) is 1. The number of anilines is 4. The third-order valence-electron chi connectivity index (χ3n) is 10.6. The summed E-state index contributed by atoms with van der Waals surface area (Å²) in [7, 11) is -1.48. The smallest absolute Gasteiger partial charge is 0.246 e. The van der Waals surface area contributed by atoms with Crippen LogP contribution in [-0.4, -0.2) is 90.6 Å². The second-order valence-electron chi connectivity index (χ2n) is 13.3. The predicted molar refractivity (Wildman–Crippen MR) is 182 cm³/mol. The van der Waals surface area contributed by atoms with E-state index in [0.717, 1.165) is 60.8 Å². The van der Waals surface area contributed by atoms with Gasteiger partial charge in [-0.15, -0.1) is 0 Å². The average molecular weight is 648 g/mol. The van der Waals surface area contributed by atoms with Gasteiger partial charge in [-0.25, -0.2) is 18.4 Å². The molecule has 1 N–H and O–H groups in total. The fraction of sp³-hybridized carbons (Fsp3) is 0.529. The van der Waals surface area contributed by atoms with Crippen molar-refractivity contribution in [2.24, 2.45) is 5.92 Å². The van der Waals surface area contributed by atoms with Gasteiger partial charge in [0.2, 0.25) is 11.9 Å². The first kappa shape index (κ1) is 32.2. The molecular weight excluding hydrogens is 602 g/mol. The number of methoxy groups -OCH3 is 1. The summed E-state index contributed by atoms with van der Waals surface area (Å²) in [5.74, 6) is 1.88. The predicted octanol–water partition coefficient (Wildman–Crippen LogP) is 4.88. The average Bonchev–Trinajstić information content (AvgIpc) is 3.53. The van der Waals surface area contributed by atoms with Gasteiger partial charge < -0.3 is 24.8 Å². The van der Waals surface area contributed by atoms with Crippen LogP contribution in [0.2, 0.25) is 0 Å². The summed E-state index contributed by atoms with van der Waals surface area (Å²) in [6, 6.07) is 8.04. The molecule has 11 nitrogen and oxygen atoms in total. The third kappa shape index (κ3) is 5.81. The molecule has 3 aliphatic heterocycles. The van der Waals surface area contributed by atoms with Crippen molar-refractivity contribution in [3.8, 4) is 0 Å². The summed E-state index contributed by atoms with van der Waals surface area (Å²) < 4.78 is 29.9. The van der Waals surface area contributed by atoms with Crippen LogP contribution in [0.5, 0.6) is 0 Å². The van der Waals surface area contributed by atoms with Crippen molar-refractivity contribution in [2.75, 3.05) is 54.7 Å². The summed E-state index contributed by atoms with van der Waals surface area (Å²) in [4.78, 5) is 33.3. The van der Waals surface area contributed by atoms with Gasteiger partial charge in [0.05, 0.1) is 16.9 Å². The number of nitrogens with zero attached hydrogens (tertiary/aromatic N) is 6. The number of pyridine rings is 1. The van der Waals surface area contributed by atoms with E-state index in [2.05, 4.69) is 45.7 Å². The van der Waals surface area contributed by atoms with Crippen LogP contribution in [-0.2, 0) is 19.4 Å². The maximum Gasteiger partial charge on any atom is 0.246 e. The van der Waals surface area contributed by atoms with Crippen LogP contribution in [0.15, 0.2) is 49.3 Å². The Bertz CT molecular complexity index is 1740. The second-order valence-corrected chi connectivity index (χ2v) is 15.9. The highest BCUT2D eigenvalue weighted by Gasteiger charge is 2.50. The number of nitrogens with one attached hydrogen (secondary N) is 1. The lowest BCUT2D eigenvalue weighted by Gasteiger charge is -2.54. The summed E-state index contributed by atoms with van der Waals surface area (Å²) in [6.45, 7) is 12.5. The molecule has 12 heteroatoms. The number of sulfone groups is 1. The zero-order valence-electron chi connectivity index (χ0n) is 27.4. The lowest BCUT2D eigenvalue weighted by Crippen LogP contribution is -2.64. The first-order valence-corrected chi connectivity index (χ1v) is 18.0. The summed E-state index contributed by atoms with van der Waals surface area (Å²) >= 11 is 0. The van der Waals surface area contributed by atoms with Crippen molar-refractivity contribution in [2.45, 2.75) is 69.4 Å². The minimum atomic E-state index is -3.24. The molecule has 0 spiro atoms. The first-order chi connectivity index (χ1) is 21.9. The molecule has 0 aliphatic carbocycles. The van der Waals surface area contributed by atoms with Crippen LogP contribution < -0.4 is 15.1 Å². The molecule has 3 fully saturated rings. The third-order valence-corrected chi connectivity index (χ3v) is 12.8. The Morgan fingerprint density at radius 2 is 1.85 bits per heavy atom. The van der Waals surface area contributed by atoms with Gasteiger partial charge in [0.1, 0.15) is 11.6 Å². The topological polar surface area (TPSA) is 121 Å². The Balaban J connectivity index is 1.34. The number of hydrogen-bond acceptors (Lipinski definition) is 10. The number of amides is 1. The normalized spacial score (nSPS) is 22.6. The van der Waals surface area contributed by atoms with E-state index in [1.165, 1.54) is 12.3 Å². The lowest BCUT2D eigenvalue weighted by atomic mass is 9.79. The zero-order valence-corrected chi connectivity index (χ0v) is 28.3. The number of carbonyl (C=O) groups is 1. The fourth-order valence-electron chi connectivity index (χ4n) is 7.32. The SMILES string of the molecule is C=CC(=O)N1CCC[C@H]1c1ccc(N2C[C@H](C(C)(C)S(C)(=O)=O)[C@H]2C)c2cnc(Nc3ccnc(N4CCC(OC)CC4)n3)cc12. The fourth-order valence-corrected chi connectivity index (χ4v) is 8.14. The van der Waals surface area contributed by atoms with Gasteiger partial charge in [-0.05, 0) is 81.7 Å². The number of fused-ring (bicyclic) bond motifs is 1. The number of benzene rings is 1. The van der Waals surface area contributed by atoms with Crippen molar-refractivity contribution in [1.82, 2.24) is 19.9 Å². The molecule has 5 heterocycles. The minimum Gasteiger partial charge on any atom is -0.381 e. The maximum absolute atomic E-state index is 12.8. The Hall–Kier alpha value is -3.77. The van der Waals surface area contributed by atoms with Crippen molar-refractivity contribution < 1.29 is 17.9 Å². The number of aromatic nitrogens is 3. The molecule has 0 radical (unpaired) electrons. The van der Waals surface area contributed by atoms with Crippen molar-refractivity contribution in [1.29, 1.82) is 0 Å². The van der Waals surface area contributed by atoms with E-state index in [1.807, 2.05) is 37.1 Å². The van der Waals surface area contributed by atoms with Gasteiger partial charge in [-0.2, -0.15) is 4.98 Å². The van der Waals surface area contributed by atoms with Crippen LogP contribution in [0.4, 0.5) is 23.3 Å². The molecule has 3 aromatic rings. The van der Waals surface area contributed by atoms with E-state index in [4.69, 9.17) is 14.7 Å². The van der Waals surface area contributed by atoms with E-state index < -0.39 is 14.6 Å². The highest BCUT2D eigenvalue weighted by atomic mass is 32.2. The molecule has 0 bridgehead atoms. The van der Waals surface area contributed by atoms with Crippen LogP contribution in [0, 0.1) is 5.92 Å². The molecule has 2 aromatic heterocycles. The molecule has 246 valence electrons. The van der Waals surface area contributed by atoms with Crippen molar-refractivity contribution in [3.63, 3.8) is 0 Å². The Morgan fingerprint density at radius 3 is 2.52 bits per heavy atom. The van der Waals surface area contributed by atoms with E-state index in [-0.39, 0.29) is 30.0 Å². The summed E-state index contributed by atoms with van der Waals surface area (Å²) in [5.41, 5.74) is 2.07. The zero-order chi connectivity index (χ0) is 32.8. The Labute approximate surface area is 272 Å². The largest absolute Gasteiger partial charge is 0.381 e. The van der Waals surface area contributed by atoms with Gasteiger partial charge in [-0.3, -0.25) is 4.79 Å². The first-order valence-electron chi connectivity index (χ1n) is 16.1. The standard InChI is InChI=1S/C34H45N7O4S/c1-7-32(42)40-16-8-9-28(40)24-10-11-29(41-21-27(22(41)2)34(3,4)46(6,43)44)26-20-36-31(19-25(24)26)37-30-12-15-35-33(38-30)39-17-13-23(45-5)14-18-39/h7,10-12,15,19-20,22-23,27-28H,1,8-9,13-14,16-18,21H2,2-6H3,(H,35,36,37,38)/t22-,27+,28+/m1/s1. The minimum absolute atomic E-state index is 0.00564. The van der Waals surface area contributed by atoms with Gasteiger partial charge in [0.15, 0.2) is 9.84 Å². The quantitative estimate of drug-likeness (QED) is 0.322. The molecule has 1 amide bonds. The van der Waals surface area contributed by atoms with Gasteiger partial charge in [0.25, 0.3) is 0 Å². The number of likely N-dealkylation sites (tertiary alicyclic amines) is 1. The van der Waals surface area contributed by atoms with Crippen LogP contribution >= 0.6 is 0 Å². The van der Waals surface area contributed by atoms with Gasteiger partial charge in [0, 0.05) is 75.0 Å². The molecule has 3 aliphatic rings. The number of piperidine rings is 1. The van der Waals surface area contributed by atoms with E-state index >= 15 is 0 Å². The second kappa shape index (κ2) is 12.4. The Kier molecular flexibility index (Phi) is 8.71. The molecular formula is C34H45N7O4S. The number of hydrogen-bond donors (Lipinski definition) is 1. The van der Waals surface area contributed by atoms with Gasteiger partial charge in [-0.1, -0.05) is 12.6 Å². The van der Waals surface area contributed by atoms with Crippen molar-refractivity contribution in [3.05, 3.63) is 54.9 Å². The number of rotatable bonds is 9. The molecule has 46 heavy (non-hydrogen) atoms. The molecule has 0 unspecified atom stereocenters. The van der Waals surface area contributed by atoms with Crippen molar-refractivity contribution >= 4 is 49.8 Å². The summed E-state index contributed by atoms with van der Waals surface area (Å²) in [5, 5.41) is 5.36. The monoisotopic (exact) mass is 647 g/mol. The van der Waals surface area contributed by atoms with E-state index in [1.54, 1.807) is 13.3 Å². The lowest BCUT2D eigenvalue weighted by molar-refractivity contribution is -0.126. The molecule has 3 atom stereocenters. The van der Waals surface area contributed by atoms with Crippen LogP contribution in [0.25, 0.3) is 10.8 Å². The van der Waals surface area contributed by atoms with E-state index in [9.17, 15) is 13.2 Å². The Morgan fingerprint density at radius 1 is 1.09 bits per heavy atom.